The molecular weight excluding hydrogens is 330 g/mol. The average molecular weight is 348 g/mol. The molecule has 1 saturated heterocycles. The van der Waals surface area contributed by atoms with Crippen LogP contribution in [0.15, 0.2) is 37.1 Å². The molecule has 3 rings (SSSR count). The van der Waals surface area contributed by atoms with E-state index in [9.17, 15) is 18.4 Å². The van der Waals surface area contributed by atoms with Crippen molar-refractivity contribution in [1.82, 2.24) is 19.6 Å². The molecule has 1 aliphatic rings. The predicted octanol–water partition coefficient (Wildman–Crippen LogP) is 1.79. The SMILES string of the molecule is C=CC(=O)NC1CN(C(=O)c2c(C)nc3ccccn23)CCC1(F)F. The van der Waals surface area contributed by atoms with Crippen molar-refractivity contribution in [2.75, 3.05) is 13.1 Å². The number of hydrogen-bond acceptors (Lipinski definition) is 3. The van der Waals surface area contributed by atoms with Crippen LogP contribution >= 0.6 is 0 Å². The number of carbonyl (C=O) groups excluding carboxylic acids is 2. The highest BCUT2D eigenvalue weighted by molar-refractivity contribution is 5.95. The molecule has 0 spiro atoms. The number of amides is 2. The largest absolute Gasteiger partial charge is 0.342 e. The van der Waals surface area contributed by atoms with Gasteiger partial charge in [-0.15, -0.1) is 0 Å². The molecule has 1 aliphatic heterocycles. The van der Waals surface area contributed by atoms with Gasteiger partial charge in [0.15, 0.2) is 0 Å². The molecule has 0 saturated carbocycles. The molecule has 1 fully saturated rings. The van der Waals surface area contributed by atoms with Gasteiger partial charge in [0.2, 0.25) is 5.91 Å². The van der Waals surface area contributed by atoms with Crippen molar-refractivity contribution in [3.05, 3.63) is 48.4 Å². The topological polar surface area (TPSA) is 66.7 Å². The standard InChI is InChI=1S/C17H18F2N4O2/c1-3-14(24)21-12-10-22(9-7-17(12,18)19)16(25)15-11(2)20-13-6-4-5-8-23(13)15/h3-6,8,12H,1,7,9-10H2,2H3,(H,21,24). The average Bonchev–Trinajstić information content (AvgIpc) is 2.91. The molecule has 1 unspecified atom stereocenters. The van der Waals surface area contributed by atoms with Crippen molar-refractivity contribution in [3.63, 3.8) is 0 Å². The minimum atomic E-state index is -3.08. The van der Waals surface area contributed by atoms with E-state index in [0.717, 1.165) is 6.08 Å². The highest BCUT2D eigenvalue weighted by Gasteiger charge is 2.46. The van der Waals surface area contributed by atoms with Crippen LogP contribution in [0.25, 0.3) is 5.65 Å². The molecule has 6 nitrogen and oxygen atoms in total. The zero-order valence-corrected chi connectivity index (χ0v) is 13.7. The second-order valence-electron chi connectivity index (χ2n) is 6.00. The van der Waals surface area contributed by atoms with Gasteiger partial charge in [-0.3, -0.25) is 14.0 Å². The minimum Gasteiger partial charge on any atom is -0.342 e. The summed E-state index contributed by atoms with van der Waals surface area (Å²) in [6.07, 6.45) is 2.13. The van der Waals surface area contributed by atoms with E-state index in [0.29, 0.717) is 17.0 Å². The fourth-order valence-corrected chi connectivity index (χ4v) is 2.99. The molecule has 1 N–H and O–H groups in total. The van der Waals surface area contributed by atoms with Gasteiger partial charge >= 0.3 is 0 Å². The van der Waals surface area contributed by atoms with E-state index in [4.69, 9.17) is 0 Å². The molecule has 132 valence electrons. The van der Waals surface area contributed by atoms with Crippen LogP contribution in [0.3, 0.4) is 0 Å². The first-order chi connectivity index (χ1) is 11.8. The van der Waals surface area contributed by atoms with Gasteiger partial charge in [0.05, 0.1) is 5.69 Å². The molecule has 0 bridgehead atoms. The summed E-state index contributed by atoms with van der Waals surface area (Å²) in [5.74, 6) is -4.15. The van der Waals surface area contributed by atoms with E-state index in [-0.39, 0.29) is 19.0 Å². The molecule has 0 aromatic carbocycles. The third-order valence-corrected chi connectivity index (χ3v) is 4.32. The monoisotopic (exact) mass is 348 g/mol. The number of pyridine rings is 1. The summed E-state index contributed by atoms with van der Waals surface area (Å²) >= 11 is 0. The molecule has 0 radical (unpaired) electrons. The lowest BCUT2D eigenvalue weighted by molar-refractivity contribution is -0.124. The van der Waals surface area contributed by atoms with Gasteiger partial charge < -0.3 is 10.2 Å². The minimum absolute atomic E-state index is 0.0915. The van der Waals surface area contributed by atoms with E-state index >= 15 is 0 Å². The van der Waals surface area contributed by atoms with Crippen LogP contribution in [-0.4, -0.2) is 51.2 Å². The number of likely N-dealkylation sites (tertiary alicyclic amines) is 1. The Bertz CT molecular complexity index is 846. The maximum atomic E-state index is 14.1. The molecule has 0 aliphatic carbocycles. The number of piperidine rings is 1. The molecule has 1 atom stereocenters. The second-order valence-corrected chi connectivity index (χ2v) is 6.00. The van der Waals surface area contributed by atoms with Crippen molar-refractivity contribution in [1.29, 1.82) is 0 Å². The van der Waals surface area contributed by atoms with E-state index in [2.05, 4.69) is 16.9 Å². The van der Waals surface area contributed by atoms with Crippen LogP contribution in [0.4, 0.5) is 8.78 Å². The lowest BCUT2D eigenvalue weighted by atomic mass is 10.00. The van der Waals surface area contributed by atoms with E-state index in [1.807, 2.05) is 0 Å². The number of aromatic nitrogens is 2. The highest BCUT2D eigenvalue weighted by atomic mass is 19.3. The Balaban J connectivity index is 1.88. The summed E-state index contributed by atoms with van der Waals surface area (Å²) < 4.78 is 29.8. The van der Waals surface area contributed by atoms with Crippen LogP contribution in [-0.2, 0) is 4.79 Å². The summed E-state index contributed by atoms with van der Waals surface area (Å²) in [5, 5.41) is 2.22. The number of aryl methyl sites for hydroxylation is 1. The Morgan fingerprint density at radius 1 is 1.44 bits per heavy atom. The van der Waals surface area contributed by atoms with E-state index in [1.165, 1.54) is 4.90 Å². The molecular formula is C17H18F2N4O2. The first kappa shape index (κ1) is 17.1. The normalized spacial score (nSPS) is 19.6. The Labute approximate surface area is 143 Å². The number of imidazole rings is 1. The van der Waals surface area contributed by atoms with Crippen molar-refractivity contribution in [2.45, 2.75) is 25.3 Å². The third-order valence-electron chi connectivity index (χ3n) is 4.32. The van der Waals surface area contributed by atoms with E-state index in [1.54, 1.807) is 35.7 Å². The van der Waals surface area contributed by atoms with E-state index < -0.39 is 24.3 Å². The summed E-state index contributed by atoms with van der Waals surface area (Å²) in [6.45, 7) is 4.61. The Morgan fingerprint density at radius 3 is 2.92 bits per heavy atom. The smallest absolute Gasteiger partial charge is 0.272 e. The zero-order valence-electron chi connectivity index (χ0n) is 13.7. The van der Waals surface area contributed by atoms with Gasteiger partial charge in [-0.05, 0) is 25.1 Å². The van der Waals surface area contributed by atoms with Crippen molar-refractivity contribution in [3.8, 4) is 0 Å². The van der Waals surface area contributed by atoms with Crippen LogP contribution in [0.2, 0.25) is 0 Å². The fraction of sp³-hybridized carbons (Fsp3) is 0.353. The number of carbonyl (C=O) groups is 2. The van der Waals surface area contributed by atoms with Crippen molar-refractivity contribution in [2.24, 2.45) is 0 Å². The van der Waals surface area contributed by atoms with Gasteiger partial charge in [0.25, 0.3) is 11.8 Å². The predicted molar refractivity (Wildman–Crippen MR) is 87.5 cm³/mol. The highest BCUT2D eigenvalue weighted by Crippen LogP contribution is 2.29. The summed E-state index contributed by atoms with van der Waals surface area (Å²) in [6, 6.07) is 3.89. The molecule has 2 aromatic heterocycles. The van der Waals surface area contributed by atoms with Gasteiger partial charge in [0.1, 0.15) is 17.4 Å². The second kappa shape index (κ2) is 6.27. The Kier molecular flexibility index (Phi) is 4.28. The Hall–Kier alpha value is -2.77. The number of alkyl halides is 2. The maximum Gasteiger partial charge on any atom is 0.272 e. The molecule has 25 heavy (non-hydrogen) atoms. The summed E-state index contributed by atoms with van der Waals surface area (Å²) in [7, 11) is 0. The first-order valence-corrected chi connectivity index (χ1v) is 7.87. The Morgan fingerprint density at radius 2 is 2.20 bits per heavy atom. The van der Waals surface area contributed by atoms with Crippen LogP contribution < -0.4 is 5.32 Å². The van der Waals surface area contributed by atoms with Crippen molar-refractivity contribution >= 4 is 17.5 Å². The van der Waals surface area contributed by atoms with Gasteiger partial charge in [-0.2, -0.15) is 0 Å². The third kappa shape index (κ3) is 3.11. The maximum absolute atomic E-state index is 14.1. The molecule has 2 aromatic rings. The summed E-state index contributed by atoms with van der Waals surface area (Å²) in [4.78, 5) is 30.0. The van der Waals surface area contributed by atoms with Gasteiger partial charge in [0, 0.05) is 25.7 Å². The van der Waals surface area contributed by atoms with Crippen LogP contribution in [0.5, 0.6) is 0 Å². The first-order valence-electron chi connectivity index (χ1n) is 7.87. The number of rotatable bonds is 3. The fourth-order valence-electron chi connectivity index (χ4n) is 2.99. The zero-order chi connectivity index (χ0) is 18.2. The molecule has 2 amide bonds. The molecule has 3 heterocycles. The number of fused-ring (bicyclic) bond motifs is 1. The number of hydrogen-bond donors (Lipinski definition) is 1. The van der Waals surface area contributed by atoms with Gasteiger partial charge in [-0.25, -0.2) is 13.8 Å². The molecule has 8 heteroatoms. The summed E-state index contributed by atoms with van der Waals surface area (Å²) in [5.41, 5.74) is 1.48. The quantitative estimate of drug-likeness (QED) is 0.860. The number of nitrogens with zero attached hydrogens (tertiary/aromatic N) is 3. The number of halogens is 2. The number of nitrogens with one attached hydrogen (secondary N) is 1. The van der Waals surface area contributed by atoms with Crippen LogP contribution in [0.1, 0.15) is 22.6 Å². The van der Waals surface area contributed by atoms with Gasteiger partial charge in [-0.1, -0.05) is 12.6 Å². The lowest BCUT2D eigenvalue weighted by Gasteiger charge is -2.38. The van der Waals surface area contributed by atoms with Crippen molar-refractivity contribution < 1.29 is 18.4 Å². The van der Waals surface area contributed by atoms with Crippen LogP contribution in [0, 0.1) is 6.92 Å². The lowest BCUT2D eigenvalue weighted by Crippen LogP contribution is -2.59.